The summed E-state index contributed by atoms with van der Waals surface area (Å²) in [4.78, 5) is 1.32. The minimum atomic E-state index is 0.911. The van der Waals surface area contributed by atoms with Gasteiger partial charge in [0.05, 0.1) is 0 Å². The third-order valence-electron chi connectivity index (χ3n) is 12.2. The van der Waals surface area contributed by atoms with Gasteiger partial charge in [0.15, 0.2) is 0 Å². The van der Waals surface area contributed by atoms with Crippen molar-refractivity contribution in [1.29, 1.82) is 0 Å². The van der Waals surface area contributed by atoms with Crippen LogP contribution in [-0.2, 0) is 0 Å². The largest absolute Gasteiger partial charge is 0.455 e. The van der Waals surface area contributed by atoms with Crippen LogP contribution in [0.5, 0.6) is 0 Å². The van der Waals surface area contributed by atoms with Crippen molar-refractivity contribution >= 4 is 107 Å². The molecule has 3 heteroatoms. The highest BCUT2D eigenvalue weighted by atomic mass is 32.1. The monoisotopic (exact) mass is 784 g/mol. The molecule has 0 saturated carbocycles. The summed E-state index contributed by atoms with van der Waals surface area (Å²) in [5.74, 6) is 0. The summed E-state index contributed by atoms with van der Waals surface area (Å²) < 4.78 is 10.5. The number of furan rings is 1. The zero-order valence-electron chi connectivity index (χ0n) is 31.7. The molecule has 0 unspecified atom stereocenters. The Morgan fingerprint density at radius 2 is 0.831 bits per heavy atom. The standard InChI is InChI=1S/C56H32OS2/c1-3-14-34(15-4-1)54-47-32-50-46(31-51(47)59-56(54)35-16-5-2-6-17-35)45-30-37(25-28-49(45)58-50)53-41-21-11-9-19-39(41)52(40-20-10-12-22-42(40)53)36-24-27-48-44(29-36)43-26-23-33-13-7-8-18-38(33)55(43)57-48/h1-32H. The van der Waals surface area contributed by atoms with Gasteiger partial charge >= 0.3 is 0 Å². The number of hydrogen-bond acceptors (Lipinski definition) is 3. The van der Waals surface area contributed by atoms with Gasteiger partial charge in [-0.2, -0.15) is 0 Å². The molecule has 0 N–H and O–H groups in total. The molecule has 0 bridgehead atoms. The first-order chi connectivity index (χ1) is 29.2. The lowest BCUT2D eigenvalue weighted by Gasteiger charge is -2.18. The molecule has 3 aromatic heterocycles. The lowest BCUT2D eigenvalue weighted by atomic mass is 9.85. The minimum Gasteiger partial charge on any atom is -0.455 e. The Kier molecular flexibility index (Phi) is 7.12. The van der Waals surface area contributed by atoms with Crippen molar-refractivity contribution < 1.29 is 4.42 Å². The van der Waals surface area contributed by atoms with Gasteiger partial charge in [-0.05, 0) is 103 Å². The molecule has 0 spiro atoms. The predicted molar refractivity (Wildman–Crippen MR) is 256 cm³/mol. The highest BCUT2D eigenvalue weighted by Crippen LogP contribution is 2.50. The molecule has 10 aromatic carbocycles. The molecule has 0 amide bonds. The van der Waals surface area contributed by atoms with Crippen molar-refractivity contribution in [3.05, 3.63) is 194 Å². The molecular weight excluding hydrogens is 753 g/mol. The van der Waals surface area contributed by atoms with E-state index in [1.807, 2.05) is 22.7 Å². The van der Waals surface area contributed by atoms with Crippen LogP contribution in [0.25, 0.3) is 128 Å². The van der Waals surface area contributed by atoms with Gasteiger partial charge < -0.3 is 4.42 Å². The summed E-state index contributed by atoms with van der Waals surface area (Å²) in [5.41, 5.74) is 10.7. The van der Waals surface area contributed by atoms with Crippen molar-refractivity contribution in [2.45, 2.75) is 0 Å². The molecule has 13 rings (SSSR count). The molecule has 0 saturated heterocycles. The van der Waals surface area contributed by atoms with Crippen LogP contribution in [0.4, 0.5) is 0 Å². The third-order valence-corrected chi connectivity index (χ3v) is 14.6. The zero-order chi connectivity index (χ0) is 38.6. The Hall–Kier alpha value is -7.04. The van der Waals surface area contributed by atoms with E-state index in [2.05, 4.69) is 194 Å². The van der Waals surface area contributed by atoms with E-state index in [-0.39, 0.29) is 0 Å². The topological polar surface area (TPSA) is 13.1 Å². The van der Waals surface area contributed by atoms with Crippen LogP contribution in [0.3, 0.4) is 0 Å². The van der Waals surface area contributed by atoms with Gasteiger partial charge in [0, 0.05) is 56.9 Å². The second-order valence-corrected chi connectivity index (χ2v) is 17.6. The Morgan fingerprint density at radius 1 is 0.288 bits per heavy atom. The molecule has 3 heterocycles. The molecule has 0 aliphatic carbocycles. The van der Waals surface area contributed by atoms with Gasteiger partial charge in [0.25, 0.3) is 0 Å². The lowest BCUT2D eigenvalue weighted by Crippen LogP contribution is -1.90. The molecule has 0 aliphatic heterocycles. The molecule has 1 nitrogen and oxygen atoms in total. The van der Waals surface area contributed by atoms with E-state index < -0.39 is 0 Å². The predicted octanol–water partition coefficient (Wildman–Crippen LogP) is 17.3. The fourth-order valence-corrected chi connectivity index (χ4v) is 12.0. The van der Waals surface area contributed by atoms with Gasteiger partial charge in [-0.3, -0.25) is 0 Å². The summed E-state index contributed by atoms with van der Waals surface area (Å²) in [6.45, 7) is 0. The van der Waals surface area contributed by atoms with Gasteiger partial charge in [-0.1, -0.05) is 152 Å². The average molecular weight is 785 g/mol. The van der Waals surface area contributed by atoms with Crippen LogP contribution >= 0.6 is 22.7 Å². The van der Waals surface area contributed by atoms with E-state index in [0.29, 0.717) is 0 Å². The van der Waals surface area contributed by atoms with Gasteiger partial charge in [0.1, 0.15) is 11.2 Å². The molecule has 13 aromatic rings. The van der Waals surface area contributed by atoms with Crippen molar-refractivity contribution in [3.8, 4) is 43.8 Å². The Bertz CT molecular complexity index is 3770. The van der Waals surface area contributed by atoms with Gasteiger partial charge in [-0.15, -0.1) is 22.7 Å². The van der Waals surface area contributed by atoms with E-state index in [4.69, 9.17) is 4.42 Å². The molecule has 0 radical (unpaired) electrons. The van der Waals surface area contributed by atoms with E-state index in [1.54, 1.807) is 0 Å². The maximum atomic E-state index is 6.54. The Labute approximate surface area is 347 Å². The molecule has 274 valence electrons. The lowest BCUT2D eigenvalue weighted by molar-refractivity contribution is 0.672. The molecular formula is C56H32OS2. The summed E-state index contributed by atoms with van der Waals surface area (Å²) in [6, 6.07) is 71.3. The first-order valence-corrected chi connectivity index (χ1v) is 21.7. The quantitative estimate of drug-likeness (QED) is 0.162. The van der Waals surface area contributed by atoms with Gasteiger partial charge in [0.2, 0.25) is 0 Å². The van der Waals surface area contributed by atoms with Gasteiger partial charge in [-0.25, -0.2) is 0 Å². The maximum absolute atomic E-state index is 6.54. The first kappa shape index (κ1) is 33.0. The van der Waals surface area contributed by atoms with Crippen molar-refractivity contribution in [3.63, 3.8) is 0 Å². The van der Waals surface area contributed by atoms with Crippen LogP contribution in [0.2, 0.25) is 0 Å². The molecule has 59 heavy (non-hydrogen) atoms. The molecule has 0 fully saturated rings. The first-order valence-electron chi connectivity index (χ1n) is 20.1. The molecule has 0 atom stereocenters. The summed E-state index contributed by atoms with van der Waals surface area (Å²) in [7, 11) is 0. The minimum absolute atomic E-state index is 0.911. The Morgan fingerprint density at radius 3 is 1.53 bits per heavy atom. The van der Waals surface area contributed by atoms with Crippen molar-refractivity contribution in [1.82, 2.24) is 0 Å². The number of hydrogen-bond donors (Lipinski definition) is 0. The van der Waals surface area contributed by atoms with Crippen LogP contribution in [-0.4, -0.2) is 0 Å². The van der Waals surface area contributed by atoms with Crippen molar-refractivity contribution in [2.24, 2.45) is 0 Å². The van der Waals surface area contributed by atoms with Crippen molar-refractivity contribution in [2.75, 3.05) is 0 Å². The zero-order valence-corrected chi connectivity index (χ0v) is 33.3. The fraction of sp³-hybridized carbons (Fsp3) is 0. The van der Waals surface area contributed by atoms with Crippen LogP contribution in [0.1, 0.15) is 0 Å². The second kappa shape index (κ2) is 12.7. The highest BCUT2D eigenvalue weighted by molar-refractivity contribution is 7.26. The maximum Gasteiger partial charge on any atom is 0.143 e. The normalized spacial score (nSPS) is 12.1. The number of benzene rings is 10. The average Bonchev–Trinajstić information content (AvgIpc) is 3.98. The Balaban J connectivity index is 1.02. The van der Waals surface area contributed by atoms with E-state index >= 15 is 0 Å². The molecule has 0 aliphatic rings. The number of rotatable bonds is 4. The second-order valence-electron chi connectivity index (χ2n) is 15.5. The van der Waals surface area contributed by atoms with E-state index in [1.165, 1.54) is 101 Å². The highest BCUT2D eigenvalue weighted by Gasteiger charge is 2.21. The summed E-state index contributed by atoms with van der Waals surface area (Å²) in [6.07, 6.45) is 0. The third kappa shape index (κ3) is 4.96. The van der Waals surface area contributed by atoms with E-state index in [0.717, 1.165) is 27.3 Å². The SMILES string of the molecule is c1ccc(-c2sc3cc4c(cc3c2-c2ccccc2)sc2ccc(-c3c5ccccc5c(-c5ccc6oc7c8ccccc8ccc7c6c5)c5ccccc35)cc24)cc1. The summed E-state index contributed by atoms with van der Waals surface area (Å²) >= 11 is 3.80. The number of thiophene rings is 2. The van der Waals surface area contributed by atoms with Crippen LogP contribution in [0, 0.1) is 0 Å². The van der Waals surface area contributed by atoms with E-state index in [9.17, 15) is 0 Å². The smallest absolute Gasteiger partial charge is 0.143 e. The summed E-state index contributed by atoms with van der Waals surface area (Å²) in [5, 5.41) is 13.6. The fourth-order valence-electron chi connectivity index (χ4n) is 9.62. The van der Waals surface area contributed by atoms with Crippen LogP contribution in [0.15, 0.2) is 199 Å². The number of fused-ring (bicyclic) bond motifs is 11. The van der Waals surface area contributed by atoms with Crippen LogP contribution < -0.4 is 0 Å².